The second-order valence-electron chi connectivity index (χ2n) is 37.9. The van der Waals surface area contributed by atoms with Gasteiger partial charge in [-0.1, -0.05) is 250 Å². The number of Topliss-reactive ketones (excluding diaryl/α,β-unsaturated/α-hetero) is 6. The first kappa shape index (κ1) is 101. The number of rotatable bonds is 34. The lowest BCUT2D eigenvalue weighted by molar-refractivity contribution is -0.138. The highest BCUT2D eigenvalue weighted by molar-refractivity contribution is 5.86. The molecule has 12 heteroatoms. The molecule has 0 saturated heterocycles. The van der Waals surface area contributed by atoms with E-state index >= 15 is 0 Å². The third-order valence-corrected chi connectivity index (χ3v) is 14.1. The first-order chi connectivity index (χ1) is 43.1. The lowest BCUT2D eigenvalue weighted by Gasteiger charge is -2.31. The van der Waals surface area contributed by atoms with Crippen molar-refractivity contribution in [1.29, 1.82) is 0 Å². The molecule has 1 aliphatic rings. The van der Waals surface area contributed by atoms with Gasteiger partial charge in [-0.25, -0.2) is 0 Å². The largest absolute Gasteiger partial charge is 0.371 e. The fourth-order valence-corrected chi connectivity index (χ4v) is 10.5. The van der Waals surface area contributed by atoms with Crippen LogP contribution in [0.1, 0.15) is 318 Å². The molecule has 1 saturated carbocycles. The summed E-state index contributed by atoms with van der Waals surface area (Å²) in [5, 5.41) is 0. The van der Waals surface area contributed by atoms with E-state index in [2.05, 4.69) is 192 Å². The van der Waals surface area contributed by atoms with Crippen LogP contribution in [0.4, 0.5) is 0 Å². The predicted molar refractivity (Wildman–Crippen MR) is 409 cm³/mol. The van der Waals surface area contributed by atoms with Crippen molar-refractivity contribution >= 4 is 34.7 Å². The lowest BCUT2D eigenvalue weighted by Crippen LogP contribution is -2.38. The summed E-state index contributed by atoms with van der Waals surface area (Å²) >= 11 is 0. The van der Waals surface area contributed by atoms with Crippen molar-refractivity contribution in [1.82, 2.24) is 0 Å². The molecular weight excluding hydrogens is 1200 g/mol. The van der Waals surface area contributed by atoms with E-state index in [1.54, 1.807) is 18.2 Å². The van der Waals surface area contributed by atoms with E-state index in [-0.39, 0.29) is 120 Å². The van der Waals surface area contributed by atoms with Crippen LogP contribution in [0.5, 0.6) is 0 Å². The van der Waals surface area contributed by atoms with E-state index in [1.165, 1.54) is 25.7 Å². The van der Waals surface area contributed by atoms with E-state index in [0.717, 1.165) is 30.8 Å². The summed E-state index contributed by atoms with van der Waals surface area (Å²) in [4.78, 5) is 72.5. The molecule has 0 heterocycles. The molecule has 0 N–H and O–H groups in total. The van der Waals surface area contributed by atoms with Gasteiger partial charge in [0, 0.05) is 64.8 Å². The van der Waals surface area contributed by atoms with Gasteiger partial charge in [0.05, 0.1) is 19.8 Å². The molecule has 0 radical (unpaired) electrons. The fraction of sp³-hybridized carbons (Fsp3) is 0.833. The standard InChI is InChI=1S/2C15H28O2.C14H28O2.C14H26O2.2C13H24O2/c1-5-17-14(10-12-8-6-7-9-12)13(16)11-15(2,3)4;1-8-9-17-13(11-15(5,6)7)12(16)10-14(2,3)4;1-8-16-12(10-14(5,6)7)11(15)9-13(2,3)4;1-8-9-16-12(14(5,6)7)11(15)10-13(2,3)4;1-7-15-12(8-10(2)3)11(14)9-13(4,5)6;1-7-8-15-12(10(2)3)11(14)9-13(4,5)6/h12,14H,5-11H2,1-4H3;8,13H,1,9-11H2,2-7H3;12H,8-10H2,1-7H3;8,12H,1,9-10H2,2-7H3;12H,2,7-9H2,1,3-6H3;7,10,12H,1,8-9H2,2-6H3. The Morgan fingerprint density at radius 3 is 0.969 bits per heavy atom. The Balaban J connectivity index is -0.000000345. The SMILES string of the molecule is C=C(C)CC(OCC)C(=O)CC(C)(C)C.C=CCOC(C(=O)CC(C)(C)C)C(C)(C)C.C=CCOC(C(=O)CC(C)(C)C)C(C)C.C=CCOC(CC(C)(C)C)C(=O)CC(C)(C)C.CCOC(CC(C)(C)C)C(=O)CC(C)(C)C.CCOC(CC1CCCC1)C(=O)CC(C)(C)C. The van der Waals surface area contributed by atoms with Crippen molar-refractivity contribution in [2.45, 2.75) is 355 Å². The summed E-state index contributed by atoms with van der Waals surface area (Å²) in [5.74, 6) is 2.24. The van der Waals surface area contributed by atoms with Gasteiger partial charge in [-0.2, -0.15) is 0 Å². The summed E-state index contributed by atoms with van der Waals surface area (Å²) in [6.45, 7) is 85.9. The van der Waals surface area contributed by atoms with Gasteiger partial charge >= 0.3 is 0 Å². The molecule has 6 unspecified atom stereocenters. The van der Waals surface area contributed by atoms with Crippen LogP contribution in [-0.4, -0.2) is 111 Å². The molecule has 0 aromatic carbocycles. The molecule has 12 nitrogen and oxygen atoms in total. The third-order valence-electron chi connectivity index (χ3n) is 14.1. The van der Waals surface area contributed by atoms with Gasteiger partial charge in [0.15, 0.2) is 34.7 Å². The zero-order valence-electron chi connectivity index (χ0n) is 69.2. The summed E-state index contributed by atoms with van der Waals surface area (Å²) in [6, 6.07) is 0. The highest BCUT2D eigenvalue weighted by Crippen LogP contribution is 2.33. The predicted octanol–water partition coefficient (Wildman–Crippen LogP) is 22.0. The van der Waals surface area contributed by atoms with E-state index in [0.29, 0.717) is 90.4 Å². The van der Waals surface area contributed by atoms with Gasteiger partial charge in [-0.3, -0.25) is 28.8 Å². The van der Waals surface area contributed by atoms with Crippen LogP contribution in [0.25, 0.3) is 0 Å². The van der Waals surface area contributed by atoms with Crippen molar-refractivity contribution in [2.75, 3.05) is 39.6 Å². The summed E-state index contributed by atoms with van der Waals surface area (Å²) in [6.07, 6.45) is 15.3. The first-order valence-electron chi connectivity index (χ1n) is 36.5. The average molecular weight is 1360 g/mol. The van der Waals surface area contributed by atoms with Crippen LogP contribution in [-0.2, 0) is 57.2 Å². The minimum atomic E-state index is -0.343. The van der Waals surface area contributed by atoms with Crippen LogP contribution < -0.4 is 0 Å². The molecule has 0 amide bonds. The van der Waals surface area contributed by atoms with E-state index in [1.807, 2.05) is 62.3 Å². The lowest BCUT2D eigenvalue weighted by atomic mass is 9.80. The Kier molecular flexibility index (Phi) is 51.3. The van der Waals surface area contributed by atoms with Gasteiger partial charge in [0.1, 0.15) is 36.6 Å². The van der Waals surface area contributed by atoms with Crippen LogP contribution in [0.2, 0.25) is 0 Å². The van der Waals surface area contributed by atoms with Gasteiger partial charge in [-0.05, 0) is 108 Å². The summed E-state index contributed by atoms with van der Waals surface area (Å²) < 4.78 is 33.4. The molecule has 1 fully saturated rings. The number of ketones is 6. The fourth-order valence-electron chi connectivity index (χ4n) is 10.5. The molecular formula is C84H158O12. The highest BCUT2D eigenvalue weighted by atomic mass is 16.5. The number of carbonyl (C=O) groups excluding carboxylic acids is 6. The van der Waals surface area contributed by atoms with Crippen molar-refractivity contribution in [3.63, 3.8) is 0 Å². The molecule has 0 aliphatic heterocycles. The number of hydrogen-bond acceptors (Lipinski definition) is 12. The monoisotopic (exact) mass is 1360 g/mol. The average Bonchev–Trinajstić information content (AvgIpc) is 1.30. The van der Waals surface area contributed by atoms with Crippen LogP contribution in [0, 0.1) is 60.6 Å². The van der Waals surface area contributed by atoms with Crippen molar-refractivity contribution in [2.24, 2.45) is 60.6 Å². The van der Waals surface area contributed by atoms with Gasteiger partial charge in [0.25, 0.3) is 0 Å². The number of ether oxygens (including phenoxy) is 6. The topological polar surface area (TPSA) is 158 Å². The highest BCUT2D eigenvalue weighted by Gasteiger charge is 2.35. The van der Waals surface area contributed by atoms with Crippen LogP contribution >= 0.6 is 0 Å². The molecule has 6 atom stereocenters. The Hall–Kier alpha value is -3.26. The third kappa shape index (κ3) is 64.1. The minimum Gasteiger partial charge on any atom is -0.371 e. The zero-order chi connectivity index (χ0) is 76.7. The van der Waals surface area contributed by atoms with Gasteiger partial charge in [0.2, 0.25) is 0 Å². The normalized spacial score (nSPS) is 15.3. The van der Waals surface area contributed by atoms with Crippen LogP contribution in [0.3, 0.4) is 0 Å². The zero-order valence-corrected chi connectivity index (χ0v) is 69.2. The molecule has 0 spiro atoms. The molecule has 0 aromatic heterocycles. The van der Waals surface area contributed by atoms with Crippen LogP contribution in [0.15, 0.2) is 50.1 Å². The Morgan fingerprint density at radius 2 is 0.667 bits per heavy atom. The Labute approximate surface area is 594 Å². The molecule has 96 heavy (non-hydrogen) atoms. The Morgan fingerprint density at radius 1 is 0.385 bits per heavy atom. The van der Waals surface area contributed by atoms with Gasteiger partial charge < -0.3 is 28.4 Å². The molecule has 0 aromatic rings. The second kappa shape index (κ2) is 48.5. The maximum absolute atomic E-state index is 12.2. The smallest absolute Gasteiger partial charge is 0.162 e. The minimum absolute atomic E-state index is 0.0120. The van der Waals surface area contributed by atoms with E-state index in [4.69, 9.17) is 28.4 Å². The van der Waals surface area contributed by atoms with Gasteiger partial charge in [-0.15, -0.1) is 26.3 Å². The second-order valence-corrected chi connectivity index (χ2v) is 37.9. The maximum Gasteiger partial charge on any atom is 0.162 e. The molecule has 0 bridgehead atoms. The first-order valence-corrected chi connectivity index (χ1v) is 36.5. The summed E-state index contributed by atoms with van der Waals surface area (Å²) in [7, 11) is 0. The quantitative estimate of drug-likeness (QED) is 0.0563. The molecule has 1 rings (SSSR count). The van der Waals surface area contributed by atoms with E-state index < -0.39 is 0 Å². The number of carbonyl (C=O) groups is 6. The molecule has 566 valence electrons. The van der Waals surface area contributed by atoms with Crippen molar-refractivity contribution in [3.8, 4) is 0 Å². The number of hydrogen-bond donors (Lipinski definition) is 0. The van der Waals surface area contributed by atoms with Crippen molar-refractivity contribution in [3.05, 3.63) is 50.1 Å². The van der Waals surface area contributed by atoms with E-state index in [9.17, 15) is 28.8 Å². The Bertz CT molecular complexity index is 2180. The maximum atomic E-state index is 12.2. The summed E-state index contributed by atoms with van der Waals surface area (Å²) in [5.41, 5.74) is 1.27. The molecule has 1 aliphatic carbocycles. The van der Waals surface area contributed by atoms with Crippen molar-refractivity contribution < 1.29 is 57.2 Å².